The third-order valence-corrected chi connectivity index (χ3v) is 8.15. The van der Waals surface area contributed by atoms with Gasteiger partial charge in [-0.15, -0.1) is 0 Å². The largest absolute Gasteiger partial charge is 0.463 e. The molecular formula is C21H30N2O4S. The lowest BCUT2D eigenvalue weighted by molar-refractivity contribution is -0.137. The summed E-state index contributed by atoms with van der Waals surface area (Å²) >= 11 is 1.28. The molecule has 0 aromatic heterocycles. The van der Waals surface area contributed by atoms with Crippen molar-refractivity contribution in [2.75, 3.05) is 18.9 Å². The van der Waals surface area contributed by atoms with Gasteiger partial charge in [-0.3, -0.25) is 14.5 Å². The predicted molar refractivity (Wildman–Crippen MR) is 107 cm³/mol. The zero-order valence-corrected chi connectivity index (χ0v) is 17.6. The van der Waals surface area contributed by atoms with E-state index in [2.05, 4.69) is 12.2 Å². The first-order valence-corrected chi connectivity index (χ1v) is 11.5. The summed E-state index contributed by atoms with van der Waals surface area (Å²) in [7, 11) is 0. The Labute approximate surface area is 170 Å². The van der Waals surface area contributed by atoms with Gasteiger partial charge in [-0.1, -0.05) is 11.8 Å². The van der Waals surface area contributed by atoms with E-state index in [9.17, 15) is 14.4 Å². The van der Waals surface area contributed by atoms with E-state index in [-0.39, 0.29) is 42.2 Å². The van der Waals surface area contributed by atoms with Crippen molar-refractivity contribution in [3.8, 4) is 0 Å². The number of hydrogen-bond donors (Lipinski definition) is 1. The molecule has 1 aliphatic heterocycles. The number of ether oxygens (including phenoxy) is 1. The summed E-state index contributed by atoms with van der Waals surface area (Å²) in [5.74, 6) is 1.99. The van der Waals surface area contributed by atoms with Crippen molar-refractivity contribution in [2.45, 2.75) is 58.4 Å². The first-order chi connectivity index (χ1) is 13.4. The lowest BCUT2D eigenvalue weighted by atomic mass is 9.48. The number of amides is 2. The molecule has 0 aromatic carbocycles. The van der Waals surface area contributed by atoms with Crippen LogP contribution < -0.4 is 5.32 Å². The fourth-order valence-electron chi connectivity index (χ4n) is 6.28. The molecule has 5 rings (SSSR count). The summed E-state index contributed by atoms with van der Waals surface area (Å²) in [6, 6.07) is 0.122. The van der Waals surface area contributed by atoms with Gasteiger partial charge < -0.3 is 10.1 Å². The van der Waals surface area contributed by atoms with Crippen molar-refractivity contribution in [2.24, 2.45) is 23.2 Å². The molecule has 0 radical (unpaired) electrons. The minimum Gasteiger partial charge on any atom is -0.463 e. The van der Waals surface area contributed by atoms with Crippen LogP contribution in [0, 0.1) is 23.2 Å². The Morgan fingerprint density at radius 2 is 1.86 bits per heavy atom. The molecule has 1 atom stereocenters. The topological polar surface area (TPSA) is 75.7 Å². The summed E-state index contributed by atoms with van der Waals surface area (Å²) in [5.41, 5.74) is 0.234. The molecule has 0 aromatic rings. The van der Waals surface area contributed by atoms with E-state index in [1.54, 1.807) is 6.92 Å². The number of carbonyl (C=O) groups excluding carboxylic acids is 3. The number of carbonyl (C=O) groups is 3. The molecule has 5 fully saturated rings. The molecule has 0 spiro atoms. The Morgan fingerprint density at radius 3 is 2.43 bits per heavy atom. The standard InChI is InChI=1S/C21H30N2O4S/c1-3-27-20(26)7-19-23(18(25)12-28-19)11-17(24)22-13(2)21-8-14-4-15(9-21)6-16(5-14)10-21/h7,13-16H,3-6,8-12H2,1-2H3,(H,22,24)/b19-7-/t13-,14?,15?,16?,21?/m1/s1. The Kier molecular flexibility index (Phi) is 5.47. The van der Waals surface area contributed by atoms with E-state index in [0.717, 1.165) is 17.8 Å². The van der Waals surface area contributed by atoms with Gasteiger partial charge in [-0.05, 0) is 75.5 Å². The molecule has 28 heavy (non-hydrogen) atoms. The molecule has 4 aliphatic carbocycles. The fourth-order valence-corrected chi connectivity index (χ4v) is 7.21. The number of thioether (sulfide) groups is 1. The molecule has 154 valence electrons. The second-order valence-electron chi connectivity index (χ2n) is 9.07. The van der Waals surface area contributed by atoms with Gasteiger partial charge in [0.1, 0.15) is 6.54 Å². The van der Waals surface area contributed by atoms with Crippen LogP contribution in [0.2, 0.25) is 0 Å². The van der Waals surface area contributed by atoms with Gasteiger partial charge in [-0.2, -0.15) is 0 Å². The highest BCUT2D eigenvalue weighted by Gasteiger charge is 2.53. The van der Waals surface area contributed by atoms with E-state index in [1.165, 1.54) is 61.3 Å². The average molecular weight is 407 g/mol. The molecule has 0 unspecified atom stereocenters. The third-order valence-electron chi connectivity index (χ3n) is 7.12. The molecule has 7 heteroatoms. The van der Waals surface area contributed by atoms with Crippen LogP contribution in [0.1, 0.15) is 52.4 Å². The van der Waals surface area contributed by atoms with E-state index in [4.69, 9.17) is 4.74 Å². The van der Waals surface area contributed by atoms with E-state index < -0.39 is 5.97 Å². The SMILES string of the molecule is CCOC(=O)/C=C1\SCC(=O)N1CC(=O)N[C@H](C)C12CC3CC(CC(C3)C1)C2. The van der Waals surface area contributed by atoms with E-state index >= 15 is 0 Å². The highest BCUT2D eigenvalue weighted by molar-refractivity contribution is 8.04. The number of rotatable bonds is 6. The van der Waals surface area contributed by atoms with E-state index in [0.29, 0.717) is 5.03 Å². The Morgan fingerprint density at radius 1 is 1.25 bits per heavy atom. The third kappa shape index (κ3) is 3.82. The van der Waals surface area contributed by atoms with Crippen LogP contribution in [0.4, 0.5) is 0 Å². The Hall–Kier alpha value is -1.50. The van der Waals surface area contributed by atoms with Gasteiger partial charge >= 0.3 is 5.97 Å². The van der Waals surface area contributed by atoms with Crippen molar-refractivity contribution >= 4 is 29.5 Å². The minimum absolute atomic E-state index is 0.0340. The lowest BCUT2D eigenvalue weighted by Gasteiger charge is -2.59. The first kappa shape index (κ1) is 19.8. The minimum atomic E-state index is -0.480. The predicted octanol–water partition coefficient (Wildman–Crippen LogP) is 2.69. The second-order valence-corrected chi connectivity index (χ2v) is 10.1. The highest BCUT2D eigenvalue weighted by Crippen LogP contribution is 2.61. The second kappa shape index (κ2) is 7.73. The van der Waals surface area contributed by atoms with Crippen LogP contribution in [0.5, 0.6) is 0 Å². The van der Waals surface area contributed by atoms with E-state index in [1.807, 2.05) is 0 Å². The van der Waals surface area contributed by atoms with Gasteiger partial charge in [0.25, 0.3) is 0 Å². The first-order valence-electron chi connectivity index (χ1n) is 10.5. The molecule has 1 saturated heterocycles. The van der Waals surface area contributed by atoms with Crippen LogP contribution in [0.3, 0.4) is 0 Å². The Bertz CT molecular complexity index is 669. The van der Waals surface area contributed by atoms with Gasteiger partial charge in [0.15, 0.2) is 0 Å². The fraction of sp³-hybridized carbons (Fsp3) is 0.762. The van der Waals surface area contributed by atoms with Gasteiger partial charge in [0, 0.05) is 6.04 Å². The lowest BCUT2D eigenvalue weighted by Crippen LogP contribution is -2.56. The van der Waals surface area contributed by atoms with Crippen LogP contribution >= 0.6 is 11.8 Å². The molecule has 5 aliphatic rings. The molecule has 4 saturated carbocycles. The van der Waals surface area contributed by atoms with Crippen LogP contribution in [-0.4, -0.2) is 47.6 Å². The molecular weight excluding hydrogens is 376 g/mol. The van der Waals surface area contributed by atoms with Crippen molar-refractivity contribution in [3.05, 3.63) is 11.1 Å². The summed E-state index contributed by atoms with van der Waals surface area (Å²) in [6.45, 7) is 4.12. The zero-order valence-electron chi connectivity index (χ0n) is 16.7. The van der Waals surface area contributed by atoms with Gasteiger partial charge in [0.2, 0.25) is 11.8 Å². The smallest absolute Gasteiger partial charge is 0.333 e. The van der Waals surface area contributed by atoms with Crippen LogP contribution in [0.15, 0.2) is 11.1 Å². The summed E-state index contributed by atoms with van der Waals surface area (Å²) in [4.78, 5) is 38.1. The van der Waals surface area contributed by atoms with Crippen molar-refractivity contribution in [3.63, 3.8) is 0 Å². The number of hydrogen-bond acceptors (Lipinski definition) is 5. The van der Waals surface area contributed by atoms with Gasteiger partial charge in [-0.25, -0.2) is 4.79 Å². The van der Waals surface area contributed by atoms with Crippen molar-refractivity contribution in [1.29, 1.82) is 0 Å². The quantitative estimate of drug-likeness (QED) is 0.542. The average Bonchev–Trinajstić information content (AvgIpc) is 2.94. The van der Waals surface area contributed by atoms with Crippen molar-refractivity contribution < 1.29 is 19.1 Å². The summed E-state index contributed by atoms with van der Waals surface area (Å²) in [6.07, 6.45) is 9.13. The van der Waals surface area contributed by atoms with Crippen molar-refractivity contribution in [1.82, 2.24) is 10.2 Å². The summed E-state index contributed by atoms with van der Waals surface area (Å²) < 4.78 is 4.93. The summed E-state index contributed by atoms with van der Waals surface area (Å²) in [5, 5.41) is 3.70. The Balaban J connectivity index is 1.38. The number of esters is 1. The van der Waals surface area contributed by atoms with Crippen LogP contribution in [-0.2, 0) is 19.1 Å². The molecule has 6 nitrogen and oxygen atoms in total. The molecule has 1 N–H and O–H groups in total. The van der Waals surface area contributed by atoms with Gasteiger partial charge in [0.05, 0.1) is 23.5 Å². The maximum absolute atomic E-state index is 12.7. The number of nitrogens with zero attached hydrogens (tertiary/aromatic N) is 1. The number of nitrogens with one attached hydrogen (secondary N) is 1. The normalized spacial score (nSPS) is 36.1. The highest BCUT2D eigenvalue weighted by atomic mass is 32.2. The maximum atomic E-state index is 12.7. The maximum Gasteiger partial charge on any atom is 0.333 e. The molecule has 1 heterocycles. The molecule has 4 bridgehead atoms. The monoisotopic (exact) mass is 406 g/mol. The van der Waals surface area contributed by atoms with Crippen LogP contribution in [0.25, 0.3) is 0 Å². The molecule has 2 amide bonds. The zero-order chi connectivity index (χ0) is 19.9.